The van der Waals surface area contributed by atoms with E-state index in [1.165, 1.54) is 56.6 Å². The van der Waals surface area contributed by atoms with Gasteiger partial charge in [0.15, 0.2) is 0 Å². The number of hydrogen-bond acceptors (Lipinski definition) is 6. The predicted octanol–water partition coefficient (Wildman–Crippen LogP) is 6.25. The summed E-state index contributed by atoms with van der Waals surface area (Å²) in [7, 11) is -1.99. The summed E-state index contributed by atoms with van der Waals surface area (Å²) in [5, 5.41) is 3.09. The second kappa shape index (κ2) is 14.6. The highest BCUT2D eigenvalue weighted by Crippen LogP contribution is 2.26. The molecule has 0 spiro atoms. The Kier molecular flexibility index (Phi) is 10.9. The zero-order valence-corrected chi connectivity index (χ0v) is 26.1. The molecule has 0 unspecified atom stereocenters. The average molecular weight is 620 g/mol. The molecule has 10 heteroatoms. The summed E-state index contributed by atoms with van der Waals surface area (Å²) in [5.74, 6) is 0.842. The van der Waals surface area contributed by atoms with Crippen molar-refractivity contribution in [1.82, 2.24) is 10.3 Å². The zero-order chi connectivity index (χ0) is 31.7. The lowest BCUT2D eigenvalue weighted by Crippen LogP contribution is -2.51. The van der Waals surface area contributed by atoms with Gasteiger partial charge in [-0.15, -0.1) is 0 Å². The Balaban J connectivity index is 0.000000339. The Labute approximate surface area is 258 Å². The predicted molar refractivity (Wildman–Crippen MR) is 167 cm³/mol. The van der Waals surface area contributed by atoms with Gasteiger partial charge in [0, 0.05) is 16.8 Å². The lowest BCUT2D eigenvalue weighted by molar-refractivity contribution is -0.912. The van der Waals surface area contributed by atoms with E-state index < -0.39 is 10.1 Å². The van der Waals surface area contributed by atoms with Gasteiger partial charge >= 0.3 is 0 Å². The van der Waals surface area contributed by atoms with E-state index in [4.69, 9.17) is 4.74 Å². The molecule has 1 fully saturated rings. The van der Waals surface area contributed by atoms with E-state index in [1.54, 1.807) is 24.3 Å². The Bertz CT molecular complexity index is 1650. The summed E-state index contributed by atoms with van der Waals surface area (Å²) in [5.41, 5.74) is 3.97. The number of pyridine rings is 1. The Morgan fingerprint density at radius 1 is 0.909 bits per heavy atom. The van der Waals surface area contributed by atoms with Gasteiger partial charge in [0.05, 0.1) is 43.8 Å². The van der Waals surface area contributed by atoms with Crippen LogP contribution in [0.1, 0.15) is 40.9 Å². The number of piperidine rings is 1. The molecule has 4 aromatic rings. The van der Waals surface area contributed by atoms with Crippen LogP contribution in [-0.4, -0.2) is 61.6 Å². The fourth-order valence-electron chi connectivity index (χ4n) is 5.03. The highest BCUT2D eigenvalue weighted by molar-refractivity contribution is 7.85. The van der Waals surface area contributed by atoms with Crippen LogP contribution in [0.4, 0.5) is 4.39 Å². The number of quaternary nitrogens is 1. The first-order valence-corrected chi connectivity index (χ1v) is 16.0. The summed E-state index contributed by atoms with van der Waals surface area (Å²) in [4.78, 5) is 17.2. The van der Waals surface area contributed by atoms with Gasteiger partial charge in [0.25, 0.3) is 5.91 Å². The third kappa shape index (κ3) is 9.70. The summed E-state index contributed by atoms with van der Waals surface area (Å²) < 4.78 is 51.0. The van der Waals surface area contributed by atoms with Crippen LogP contribution in [0.5, 0.6) is 11.5 Å². The molecule has 1 amide bonds. The third-order valence-electron chi connectivity index (χ3n) is 7.56. The smallest absolute Gasteiger partial charge is 0.251 e. The topological polar surface area (TPSA) is 108 Å². The molecule has 1 N–H and O–H groups in total. The maximum absolute atomic E-state index is 13.1. The van der Waals surface area contributed by atoms with Gasteiger partial charge in [-0.1, -0.05) is 17.7 Å². The molecule has 0 saturated carbocycles. The number of carbonyl (C=O) groups excluding carboxylic acids is 1. The molecule has 44 heavy (non-hydrogen) atoms. The van der Waals surface area contributed by atoms with Crippen LogP contribution in [0.2, 0.25) is 0 Å². The monoisotopic (exact) mass is 619 g/mol. The van der Waals surface area contributed by atoms with E-state index >= 15 is 0 Å². The lowest BCUT2D eigenvalue weighted by Gasteiger charge is -2.37. The minimum Gasteiger partial charge on any atom is -0.744 e. The number of amides is 1. The normalized spacial score (nSPS) is 14.2. The number of ether oxygens (including phenoxy) is 1. The van der Waals surface area contributed by atoms with Crippen LogP contribution < -0.4 is 10.1 Å². The minimum absolute atomic E-state index is 0.0679. The molecule has 2 heterocycles. The molecular weight excluding hydrogens is 581 g/mol. The Morgan fingerprint density at radius 3 is 2.09 bits per heavy atom. The van der Waals surface area contributed by atoms with E-state index in [2.05, 4.69) is 17.3 Å². The van der Waals surface area contributed by atoms with E-state index in [9.17, 15) is 22.2 Å². The molecule has 0 radical (unpaired) electrons. The van der Waals surface area contributed by atoms with Crippen molar-refractivity contribution in [2.45, 2.75) is 38.0 Å². The molecule has 0 atom stereocenters. The molecule has 1 saturated heterocycles. The number of likely N-dealkylation sites (N-methyl/N-ethyl adjacent to an activating group) is 1. The van der Waals surface area contributed by atoms with Gasteiger partial charge in [-0.2, -0.15) is 0 Å². The summed E-state index contributed by atoms with van der Waals surface area (Å²) in [6, 6.07) is 22.8. The molecule has 5 rings (SSSR count). The Hall–Kier alpha value is -4.12. The van der Waals surface area contributed by atoms with Crippen molar-refractivity contribution in [3.63, 3.8) is 0 Å². The van der Waals surface area contributed by atoms with Crippen molar-refractivity contribution in [3.8, 4) is 22.8 Å². The summed E-state index contributed by atoms with van der Waals surface area (Å²) in [6.07, 6.45) is 3.86. The molecule has 0 aliphatic carbocycles. The standard InChI is InChI=1S/C27H30FN3O2.C7H8O3S/c1-20-18-22(27(32)29-14-17-31(2)15-4-3-5-16-31)19-26(30-20)21-6-10-24(11-7-21)33-25-12-8-23(28)9-13-25;1-6-2-4-7(5-3-6)11(8,9)10/h6-13,18-19H,3-5,14-17H2,1-2H3;2-5H,1H3,(H,8,9,10). The molecule has 232 valence electrons. The van der Waals surface area contributed by atoms with Gasteiger partial charge in [0.2, 0.25) is 0 Å². The quantitative estimate of drug-likeness (QED) is 0.185. The van der Waals surface area contributed by atoms with Crippen LogP contribution in [-0.2, 0) is 10.1 Å². The number of nitrogens with one attached hydrogen (secondary N) is 1. The number of rotatable bonds is 8. The number of hydrogen-bond donors (Lipinski definition) is 1. The first kappa shape index (κ1) is 32.8. The molecule has 1 aromatic heterocycles. The van der Waals surface area contributed by atoms with Gasteiger partial charge in [-0.05, 0) is 106 Å². The highest BCUT2D eigenvalue weighted by atomic mass is 32.2. The number of aromatic nitrogens is 1. The molecule has 1 aliphatic heterocycles. The van der Waals surface area contributed by atoms with Crippen LogP contribution in [0.25, 0.3) is 11.3 Å². The molecular formula is C34H38FN3O5S. The van der Waals surface area contributed by atoms with Crippen LogP contribution in [0.3, 0.4) is 0 Å². The van der Waals surface area contributed by atoms with Gasteiger partial charge in [0.1, 0.15) is 27.4 Å². The van der Waals surface area contributed by atoms with Crippen molar-refractivity contribution < 1.29 is 31.4 Å². The first-order valence-electron chi connectivity index (χ1n) is 14.6. The fourth-order valence-corrected chi connectivity index (χ4v) is 5.49. The summed E-state index contributed by atoms with van der Waals surface area (Å²) in [6.45, 7) is 7.72. The molecule has 8 nitrogen and oxygen atoms in total. The van der Waals surface area contributed by atoms with Gasteiger partial charge < -0.3 is 19.1 Å². The third-order valence-corrected chi connectivity index (χ3v) is 8.41. The maximum atomic E-state index is 13.1. The molecule has 1 aliphatic rings. The molecule has 0 bridgehead atoms. The number of likely N-dealkylation sites (tertiary alicyclic amines) is 1. The van der Waals surface area contributed by atoms with Crippen molar-refractivity contribution in [2.24, 2.45) is 0 Å². The van der Waals surface area contributed by atoms with Gasteiger partial charge in [-0.3, -0.25) is 9.78 Å². The second-order valence-corrected chi connectivity index (χ2v) is 12.7. The Morgan fingerprint density at radius 2 is 1.50 bits per heavy atom. The van der Waals surface area contributed by atoms with Crippen LogP contribution >= 0.6 is 0 Å². The molecule has 3 aromatic carbocycles. The summed E-state index contributed by atoms with van der Waals surface area (Å²) >= 11 is 0. The van der Waals surface area contributed by atoms with E-state index in [1.807, 2.05) is 50.2 Å². The maximum Gasteiger partial charge on any atom is 0.251 e. The van der Waals surface area contributed by atoms with Gasteiger partial charge in [-0.25, -0.2) is 12.8 Å². The minimum atomic E-state index is -4.27. The number of benzene rings is 3. The highest BCUT2D eigenvalue weighted by Gasteiger charge is 2.24. The van der Waals surface area contributed by atoms with Crippen LogP contribution in [0, 0.1) is 19.7 Å². The van der Waals surface area contributed by atoms with Crippen molar-refractivity contribution in [1.29, 1.82) is 0 Å². The lowest BCUT2D eigenvalue weighted by atomic mass is 10.1. The van der Waals surface area contributed by atoms with Crippen molar-refractivity contribution >= 4 is 16.0 Å². The first-order chi connectivity index (χ1) is 20.9. The van der Waals surface area contributed by atoms with Crippen LogP contribution in [0.15, 0.2) is 89.8 Å². The SMILES string of the molecule is Cc1cc(C(=O)NCC[N+]2(C)CCCCC2)cc(-c2ccc(Oc3ccc(F)cc3)cc2)n1.Cc1ccc(S(=O)(=O)[O-])cc1. The second-order valence-electron chi connectivity index (χ2n) is 11.3. The zero-order valence-electron chi connectivity index (χ0n) is 25.3. The van der Waals surface area contributed by atoms with E-state index in [-0.39, 0.29) is 16.6 Å². The van der Waals surface area contributed by atoms with E-state index in [0.29, 0.717) is 23.6 Å². The van der Waals surface area contributed by atoms with Crippen molar-refractivity contribution in [3.05, 3.63) is 108 Å². The number of aryl methyl sites for hydroxylation is 2. The number of nitrogens with zero attached hydrogens (tertiary/aromatic N) is 2. The van der Waals surface area contributed by atoms with Crippen molar-refractivity contribution in [2.75, 3.05) is 33.2 Å². The largest absolute Gasteiger partial charge is 0.744 e. The van der Waals surface area contributed by atoms with E-state index in [0.717, 1.165) is 33.5 Å². The number of halogens is 1. The average Bonchev–Trinajstić information content (AvgIpc) is 2.99. The fraction of sp³-hybridized carbons (Fsp3) is 0.294. The number of carbonyl (C=O) groups is 1.